The Hall–Kier alpha value is -2.62. The number of nitrogens with zero attached hydrogens (tertiary/aromatic N) is 1. The second kappa shape index (κ2) is 7.55. The lowest BCUT2D eigenvalue weighted by Crippen LogP contribution is -2.26. The summed E-state index contributed by atoms with van der Waals surface area (Å²) in [6, 6.07) is 1.50. The highest BCUT2D eigenvalue weighted by Gasteiger charge is 2.38. The van der Waals surface area contributed by atoms with Gasteiger partial charge in [0.1, 0.15) is 17.3 Å². The first-order chi connectivity index (χ1) is 12.5. The first-order valence-corrected chi connectivity index (χ1v) is 7.90. The minimum absolute atomic E-state index is 0.0299. The lowest BCUT2D eigenvalue weighted by molar-refractivity contribution is -0.145. The fraction of sp³-hybridized carbons (Fsp3) is 0.312. The molecule has 1 aromatic carbocycles. The van der Waals surface area contributed by atoms with Crippen molar-refractivity contribution in [2.45, 2.75) is 32.5 Å². The van der Waals surface area contributed by atoms with E-state index in [1.807, 2.05) is 5.10 Å². The predicted octanol–water partition coefficient (Wildman–Crippen LogP) is 3.80. The van der Waals surface area contributed by atoms with Crippen molar-refractivity contribution in [3.63, 3.8) is 0 Å². The number of aromatic amines is 1. The van der Waals surface area contributed by atoms with Crippen LogP contribution in [0.4, 0.5) is 17.6 Å². The van der Waals surface area contributed by atoms with Gasteiger partial charge in [-0.2, -0.15) is 18.3 Å². The van der Waals surface area contributed by atoms with Gasteiger partial charge in [0.2, 0.25) is 0 Å². The first-order valence-electron chi connectivity index (χ1n) is 7.52. The van der Waals surface area contributed by atoms with Crippen molar-refractivity contribution in [3.8, 4) is 17.0 Å². The highest BCUT2D eigenvalue weighted by molar-refractivity contribution is 6.32. The number of benzene rings is 1. The third-order valence-corrected chi connectivity index (χ3v) is 3.99. The minimum atomic E-state index is -4.99. The molecule has 6 nitrogen and oxygen atoms in total. The highest BCUT2D eigenvalue weighted by atomic mass is 35.5. The fourth-order valence-electron chi connectivity index (χ4n) is 2.34. The van der Waals surface area contributed by atoms with E-state index in [0.29, 0.717) is 6.07 Å². The largest absolute Gasteiger partial charge is 0.479 e. The molecule has 1 heterocycles. The van der Waals surface area contributed by atoms with Gasteiger partial charge in [-0.1, -0.05) is 18.5 Å². The van der Waals surface area contributed by atoms with Gasteiger partial charge < -0.3 is 9.84 Å². The van der Waals surface area contributed by atoms with Crippen LogP contribution in [0.15, 0.2) is 16.9 Å². The molecular formula is C16H13ClF4N2O4. The van der Waals surface area contributed by atoms with Gasteiger partial charge in [0.25, 0.3) is 5.56 Å². The number of aliphatic carboxylic acids is 1. The second-order valence-corrected chi connectivity index (χ2v) is 5.92. The molecule has 0 saturated carbocycles. The summed E-state index contributed by atoms with van der Waals surface area (Å²) in [6.07, 6.45) is -6.30. The Morgan fingerprint density at radius 1 is 1.41 bits per heavy atom. The van der Waals surface area contributed by atoms with Crippen LogP contribution in [0.25, 0.3) is 11.3 Å². The molecule has 1 unspecified atom stereocenters. The molecule has 0 radical (unpaired) electrons. The number of nitrogens with one attached hydrogen (secondary N) is 1. The van der Waals surface area contributed by atoms with Crippen molar-refractivity contribution >= 4 is 17.6 Å². The summed E-state index contributed by atoms with van der Waals surface area (Å²) in [5.74, 6) is -2.81. The van der Waals surface area contributed by atoms with Crippen molar-refractivity contribution in [2.75, 3.05) is 0 Å². The van der Waals surface area contributed by atoms with Gasteiger partial charge in [-0.15, -0.1) is 0 Å². The van der Waals surface area contributed by atoms with Crippen LogP contribution in [0.3, 0.4) is 0 Å². The van der Waals surface area contributed by atoms with Crippen molar-refractivity contribution < 1.29 is 32.2 Å². The summed E-state index contributed by atoms with van der Waals surface area (Å²) in [7, 11) is 0. The van der Waals surface area contributed by atoms with E-state index in [2.05, 4.69) is 5.10 Å². The lowest BCUT2D eigenvalue weighted by atomic mass is 10.0. The van der Waals surface area contributed by atoms with Crippen LogP contribution < -0.4 is 10.3 Å². The van der Waals surface area contributed by atoms with E-state index in [9.17, 15) is 27.2 Å². The van der Waals surface area contributed by atoms with Crippen LogP contribution >= 0.6 is 11.6 Å². The van der Waals surface area contributed by atoms with E-state index in [-0.39, 0.29) is 17.2 Å². The Kier molecular flexibility index (Phi) is 5.79. The summed E-state index contributed by atoms with van der Waals surface area (Å²) in [5, 5.41) is 13.9. The van der Waals surface area contributed by atoms with E-state index in [4.69, 9.17) is 21.4 Å². The molecule has 0 fully saturated rings. The number of ether oxygens (including phenoxy) is 1. The van der Waals surface area contributed by atoms with Gasteiger partial charge in [-0.25, -0.2) is 14.3 Å². The number of rotatable bonds is 5. The number of H-pyrrole nitrogens is 1. The highest BCUT2D eigenvalue weighted by Crippen LogP contribution is 2.40. The van der Waals surface area contributed by atoms with Crippen LogP contribution in [0.2, 0.25) is 5.02 Å². The molecule has 0 bridgehead atoms. The minimum Gasteiger partial charge on any atom is -0.479 e. The van der Waals surface area contributed by atoms with Crippen molar-refractivity contribution in [1.29, 1.82) is 0 Å². The van der Waals surface area contributed by atoms with Gasteiger partial charge >= 0.3 is 12.1 Å². The van der Waals surface area contributed by atoms with Crippen molar-refractivity contribution in [2.24, 2.45) is 0 Å². The maximum atomic E-state index is 14.3. The maximum Gasteiger partial charge on any atom is 0.419 e. The SMILES string of the molecule is CCC(Oc1cc(-c2n[nH]c(=O)c(C)c2C(F)(F)F)c(F)cc1Cl)C(=O)O. The van der Waals surface area contributed by atoms with Crippen molar-refractivity contribution in [3.05, 3.63) is 44.5 Å². The molecule has 0 saturated heterocycles. The number of hydrogen-bond donors (Lipinski definition) is 2. The van der Waals surface area contributed by atoms with Crippen molar-refractivity contribution in [1.82, 2.24) is 10.2 Å². The number of halogens is 5. The maximum absolute atomic E-state index is 14.3. The summed E-state index contributed by atoms with van der Waals surface area (Å²) in [5.41, 5.74) is -4.71. The monoisotopic (exact) mass is 408 g/mol. The number of alkyl halides is 3. The van der Waals surface area contributed by atoms with Gasteiger partial charge in [-0.3, -0.25) is 4.79 Å². The van der Waals surface area contributed by atoms with E-state index >= 15 is 0 Å². The van der Waals surface area contributed by atoms with Gasteiger partial charge in [0.15, 0.2) is 6.10 Å². The summed E-state index contributed by atoms with van der Waals surface area (Å²) in [6.45, 7) is 2.43. The molecular weight excluding hydrogens is 396 g/mol. The zero-order valence-electron chi connectivity index (χ0n) is 13.9. The molecule has 27 heavy (non-hydrogen) atoms. The molecule has 146 valence electrons. The third kappa shape index (κ3) is 4.21. The van der Waals surface area contributed by atoms with Gasteiger partial charge in [-0.05, 0) is 25.5 Å². The average Bonchev–Trinajstić information content (AvgIpc) is 2.55. The third-order valence-electron chi connectivity index (χ3n) is 3.70. The Morgan fingerprint density at radius 2 is 2.04 bits per heavy atom. The zero-order valence-corrected chi connectivity index (χ0v) is 14.7. The summed E-state index contributed by atoms with van der Waals surface area (Å²) >= 11 is 5.82. The molecule has 1 atom stereocenters. The van der Waals surface area contributed by atoms with Gasteiger partial charge in [0, 0.05) is 11.1 Å². The quantitative estimate of drug-likeness (QED) is 0.734. The number of carboxylic acid groups (broad SMARTS) is 1. The molecule has 2 aromatic rings. The normalized spacial score (nSPS) is 12.7. The molecule has 0 spiro atoms. The Balaban J connectivity index is 2.71. The van der Waals surface area contributed by atoms with Crippen LogP contribution in [0.1, 0.15) is 24.5 Å². The summed E-state index contributed by atoms with van der Waals surface area (Å²) < 4.78 is 59.7. The Labute approximate surface area is 154 Å². The number of aromatic nitrogens is 2. The molecule has 0 aliphatic rings. The Bertz CT molecular complexity index is 943. The number of carbonyl (C=O) groups is 1. The van der Waals surface area contributed by atoms with Crippen LogP contribution in [0, 0.1) is 12.7 Å². The molecule has 0 amide bonds. The standard InChI is InChI=1S/C16H13ClF4N2O4/c1-3-10(15(25)26)27-11-4-7(9(18)5-8(11)17)13-12(16(19,20)21)6(2)14(24)23-22-13/h4-5,10H,3H2,1-2H3,(H,23,24)(H,25,26). The second-order valence-electron chi connectivity index (χ2n) is 5.51. The molecule has 2 N–H and O–H groups in total. The van der Waals surface area contributed by atoms with E-state index in [1.54, 1.807) is 0 Å². The molecule has 0 aliphatic heterocycles. The molecule has 0 aliphatic carbocycles. The van der Waals surface area contributed by atoms with Crippen LogP contribution in [0.5, 0.6) is 5.75 Å². The fourth-order valence-corrected chi connectivity index (χ4v) is 2.54. The smallest absolute Gasteiger partial charge is 0.419 e. The predicted molar refractivity (Wildman–Crippen MR) is 87.3 cm³/mol. The van der Waals surface area contributed by atoms with Crippen LogP contribution in [-0.2, 0) is 11.0 Å². The van der Waals surface area contributed by atoms with Gasteiger partial charge in [0.05, 0.1) is 10.6 Å². The number of hydrogen-bond acceptors (Lipinski definition) is 4. The summed E-state index contributed by atoms with van der Waals surface area (Å²) in [4.78, 5) is 22.6. The Morgan fingerprint density at radius 3 is 2.56 bits per heavy atom. The van der Waals surface area contributed by atoms with E-state index in [0.717, 1.165) is 13.0 Å². The van der Waals surface area contributed by atoms with E-state index < -0.39 is 52.0 Å². The van der Waals surface area contributed by atoms with E-state index in [1.165, 1.54) is 6.92 Å². The lowest BCUT2D eigenvalue weighted by Gasteiger charge is -2.17. The molecule has 11 heteroatoms. The number of carboxylic acids is 1. The molecule has 2 rings (SSSR count). The first kappa shape index (κ1) is 20.7. The average molecular weight is 409 g/mol. The molecule has 1 aromatic heterocycles. The topological polar surface area (TPSA) is 92.3 Å². The zero-order chi connectivity index (χ0) is 20.5. The van der Waals surface area contributed by atoms with Crippen LogP contribution in [-0.4, -0.2) is 27.4 Å².